The van der Waals surface area contributed by atoms with E-state index in [1.165, 1.54) is 137 Å². The first-order chi connectivity index (χ1) is 69.2. The minimum atomic E-state index is -4.02. The average Bonchev–Trinajstić information content (AvgIpc) is 0.902. The Kier molecular flexibility index (Phi) is 35.9. The van der Waals surface area contributed by atoms with Gasteiger partial charge in [0.15, 0.2) is 22.7 Å². The molecule has 13 aromatic rings. The highest BCUT2D eigenvalue weighted by Gasteiger charge is 2.37. The van der Waals surface area contributed by atoms with Crippen LogP contribution in [-0.2, 0) is 56.1 Å². The predicted octanol–water partition coefficient (Wildman–Crippen LogP) is 13.9. The molecule has 144 heavy (non-hydrogen) atoms. The molecule has 50 heteroatoms. The third-order valence-corrected chi connectivity index (χ3v) is 30.9. The zero-order valence-corrected chi connectivity index (χ0v) is 83.1. The first-order valence-corrected chi connectivity index (χ1v) is 51.3. The van der Waals surface area contributed by atoms with E-state index >= 15 is 0 Å². The van der Waals surface area contributed by atoms with Crippen molar-refractivity contribution < 1.29 is 72.0 Å². The largest absolute Gasteiger partial charge is 0.497 e. The number of aliphatic hydroxyl groups is 1. The van der Waals surface area contributed by atoms with Crippen molar-refractivity contribution in [1.82, 2.24) is 61.7 Å². The zero-order chi connectivity index (χ0) is 103. The highest BCUT2D eigenvalue weighted by molar-refractivity contribution is 7.90. The van der Waals surface area contributed by atoms with Gasteiger partial charge in [0.05, 0.1) is 71.0 Å². The highest BCUT2D eigenvalue weighted by atomic mass is 35.5. The number of methoxy groups -OCH3 is 4. The standard InChI is InChI=1S/C27H35N7O6S.C25H25ClN6O4S.C22H26N6O5S.C20H22N6O5S/c1-3-4-14-29-27(36)40-18-19-9-8-15-33(17-19)41(37,38)23-13-12-21(39-2)16-22(23)30-31-24-25(28)32-34(26(24)35)20-10-6-5-7-11-20;1-3-31(16-17-9-11-18(26)12-10-17)37(34,35)22-14-13-20(36-2)15-21(22)28-29-23-24(27)30-32(25(23)33)19-7-5-4-6-8-19;1-33-17-9-10-19(34(31,32)27-11-5-6-15(13-27)14-29)18(12-17)24-25-20-21(23)26-28(22(20)30)16-7-3-2-4-8-16;1-30-15-7-8-17(32(28,29)25-9-11-31-12-10-25)16(13-15)22-23-18-19(21)24-26(20(18)27)14-5-3-2-4-6-14/h5-7,10-13,16,19,32H,3-4,8-9,14-15,17-18,28H2,1-2H3,(H,29,36);4-15,30H,3,16,27H2,1-2H3;2-4,7-10,12,15,26,29H,5-6,11,13-14,23H2,1H3;2-8,13,24H,9-12,21H2,1H3. The molecule has 3 aliphatic heterocycles. The number of sulfonamides is 4. The maximum atomic E-state index is 13.8. The number of nitrogens with one attached hydrogen (secondary N) is 5. The number of benzene rings is 9. The van der Waals surface area contributed by atoms with Crippen molar-refractivity contribution in [2.75, 3.05) is 130 Å². The minimum absolute atomic E-state index is 0.000155. The number of aromatic amines is 4. The van der Waals surface area contributed by atoms with E-state index in [0.29, 0.717) is 96.5 Å². The summed E-state index contributed by atoms with van der Waals surface area (Å²) in [5.74, 6) is 1.19. The number of ether oxygens (including phenoxy) is 6. The number of aliphatic hydroxyl groups excluding tert-OH is 1. The van der Waals surface area contributed by atoms with Crippen molar-refractivity contribution in [2.24, 2.45) is 52.7 Å². The molecule has 3 aliphatic rings. The number of aromatic nitrogens is 8. The SMILES string of the molecule is CCCCNC(=O)OCC1CCCN(S(=O)(=O)c2ccc(OC)cc2N=Nc2c(N)[nH]n(-c3ccccc3)c2=O)C1.CCN(Cc1ccc(Cl)cc1)S(=O)(=O)c1ccc(OC)cc1N=Nc1c(N)[nH]n(-c2ccccc2)c1=O.COc1ccc(S(=O)(=O)N2CCCC(CO)C2)c(N=Nc2c(N)[nH]n(-c3ccccc3)c2=O)c1.COc1ccc(S(=O)(=O)N2CCOCC2)c(N=Nc2c(N)[nH]n(-c3ccccc3)c2=O)c1. The molecule has 2 atom stereocenters. The number of nitrogens with two attached hydrogens (primary N) is 4. The number of nitrogen functional groups attached to an aromatic ring is 4. The second-order valence-corrected chi connectivity index (χ2v) is 40.5. The average molecular weight is 2070 g/mol. The number of unbranched alkanes of at least 4 members (excludes halogenated alkanes) is 1. The van der Waals surface area contributed by atoms with Crippen LogP contribution in [0.3, 0.4) is 0 Å². The van der Waals surface area contributed by atoms with E-state index in [1.54, 1.807) is 128 Å². The molecule has 0 bridgehead atoms. The van der Waals surface area contributed by atoms with E-state index in [1.807, 2.05) is 31.2 Å². The van der Waals surface area contributed by atoms with E-state index in [4.69, 9.17) is 63.0 Å². The number of amides is 1. The highest BCUT2D eigenvalue weighted by Crippen LogP contribution is 2.40. The number of carbonyl (C=O) groups excluding carboxylic acids is 1. The van der Waals surface area contributed by atoms with Crippen LogP contribution in [0.25, 0.3) is 22.7 Å². The topological polar surface area (TPSA) is 608 Å². The van der Waals surface area contributed by atoms with Crippen LogP contribution in [-0.4, -0.2) is 208 Å². The summed E-state index contributed by atoms with van der Waals surface area (Å²) in [6.45, 7) is 6.79. The number of hydrogen-bond donors (Lipinski definition) is 10. The van der Waals surface area contributed by atoms with E-state index in [0.717, 1.165) is 31.2 Å². The van der Waals surface area contributed by atoms with Crippen molar-refractivity contribution in [2.45, 2.75) is 78.5 Å². The lowest BCUT2D eigenvalue weighted by atomic mass is 10.0. The number of anilines is 4. The summed E-state index contributed by atoms with van der Waals surface area (Å²) < 4.78 is 150. The van der Waals surface area contributed by atoms with Crippen molar-refractivity contribution in [3.05, 3.63) is 270 Å². The van der Waals surface area contributed by atoms with Crippen LogP contribution in [0.1, 0.15) is 57.9 Å². The lowest BCUT2D eigenvalue weighted by Crippen LogP contribution is -2.41. The van der Waals surface area contributed by atoms with Crippen molar-refractivity contribution in [1.29, 1.82) is 0 Å². The van der Waals surface area contributed by atoms with E-state index in [9.17, 15) is 62.8 Å². The Morgan fingerprint density at radius 1 is 0.444 bits per heavy atom. The maximum Gasteiger partial charge on any atom is 0.407 e. The van der Waals surface area contributed by atoms with Crippen LogP contribution in [0.4, 0.5) is 73.6 Å². The fourth-order valence-corrected chi connectivity index (χ4v) is 21.7. The van der Waals surface area contributed by atoms with Gasteiger partial charge in [-0.05, 0) is 153 Å². The second-order valence-electron chi connectivity index (χ2n) is 32.4. The van der Waals surface area contributed by atoms with E-state index < -0.39 is 68.4 Å². The monoisotopic (exact) mass is 2070 g/mol. The molecule has 9 aromatic carbocycles. The van der Waals surface area contributed by atoms with Gasteiger partial charge in [-0.2, -0.15) is 17.2 Å². The molecular formula is C94H108ClN25O20S4. The Labute approximate surface area is 832 Å². The van der Waals surface area contributed by atoms with Gasteiger partial charge in [0.2, 0.25) is 40.1 Å². The molecule has 1 amide bonds. The summed E-state index contributed by atoms with van der Waals surface area (Å²) >= 11 is 5.96. The van der Waals surface area contributed by atoms with Crippen molar-refractivity contribution >= 4 is 127 Å². The molecule has 4 aromatic heterocycles. The second kappa shape index (κ2) is 48.6. The Morgan fingerprint density at radius 3 is 1.10 bits per heavy atom. The Morgan fingerprint density at radius 2 is 0.771 bits per heavy atom. The first kappa shape index (κ1) is 106. The molecule has 0 aliphatic carbocycles. The lowest BCUT2D eigenvalue weighted by Gasteiger charge is -2.31. The number of carbonyl (C=O) groups is 1. The molecule has 14 N–H and O–H groups in total. The smallest absolute Gasteiger partial charge is 0.407 e. The third kappa shape index (κ3) is 25.5. The van der Waals surface area contributed by atoms with Gasteiger partial charge < -0.3 is 61.8 Å². The van der Waals surface area contributed by atoms with E-state index in [-0.39, 0.29) is 153 Å². The molecule has 2 unspecified atom stereocenters. The molecule has 3 fully saturated rings. The van der Waals surface area contributed by atoms with Gasteiger partial charge >= 0.3 is 28.3 Å². The van der Waals surface area contributed by atoms with Gasteiger partial charge in [-0.3, -0.25) is 39.6 Å². The summed E-state index contributed by atoms with van der Waals surface area (Å²) in [6, 6.07) is 59.6. The molecule has 7 heterocycles. The molecule has 3 saturated heterocycles. The number of H-pyrrole nitrogens is 4. The Hall–Kier alpha value is -15.1. The Bertz CT molecular complexity index is 7530. The Balaban J connectivity index is 0.000000162. The van der Waals surface area contributed by atoms with Crippen LogP contribution in [0.5, 0.6) is 23.0 Å². The normalized spacial score (nSPS) is 15.1. The van der Waals surface area contributed by atoms with E-state index in [2.05, 4.69) is 66.6 Å². The van der Waals surface area contributed by atoms with Gasteiger partial charge in [-0.25, -0.2) is 57.2 Å². The number of alkyl carbamates (subject to hydrolysis) is 1. The number of piperidine rings is 2. The molecular weight excluding hydrogens is 1960 g/mol. The van der Waals surface area contributed by atoms with Crippen molar-refractivity contribution in [3.63, 3.8) is 0 Å². The third-order valence-electron chi connectivity index (χ3n) is 22.9. The van der Waals surface area contributed by atoms with Crippen LogP contribution in [0.15, 0.2) is 298 Å². The van der Waals surface area contributed by atoms with Gasteiger partial charge in [-0.1, -0.05) is 117 Å². The van der Waals surface area contributed by atoms with Crippen molar-refractivity contribution in [3.8, 4) is 45.7 Å². The lowest BCUT2D eigenvalue weighted by molar-refractivity contribution is 0.0730. The number of hydrogen-bond acceptors (Lipinski definition) is 32. The van der Waals surface area contributed by atoms with Crippen LogP contribution in [0.2, 0.25) is 5.02 Å². The molecule has 0 spiro atoms. The summed E-state index contributed by atoms with van der Waals surface area (Å²) in [5, 5.41) is 56.3. The fraction of sp³-hybridized carbons (Fsp3) is 0.287. The number of morpholine rings is 1. The fourth-order valence-electron chi connectivity index (χ4n) is 15.2. The number of nitrogens with zero attached hydrogens (tertiary/aromatic N) is 16. The maximum absolute atomic E-state index is 13.8. The van der Waals surface area contributed by atoms with Crippen LogP contribution in [0, 0.1) is 11.8 Å². The van der Waals surface area contributed by atoms with Gasteiger partial charge in [-0.15, -0.1) is 40.9 Å². The number of azo groups is 4. The summed E-state index contributed by atoms with van der Waals surface area (Å²) in [5.41, 5.74) is 24.3. The molecule has 0 radical (unpaired) electrons. The summed E-state index contributed by atoms with van der Waals surface area (Å²) in [7, 11) is -10.0. The minimum Gasteiger partial charge on any atom is -0.497 e. The molecule has 760 valence electrons. The quantitative estimate of drug-likeness (QED) is 0.0135. The zero-order valence-electron chi connectivity index (χ0n) is 79.1. The summed E-state index contributed by atoms with van der Waals surface area (Å²) in [4.78, 5) is 63.2. The first-order valence-electron chi connectivity index (χ1n) is 45.1. The van der Waals surface area contributed by atoms with Gasteiger partial charge in [0.1, 0.15) is 88.6 Å². The van der Waals surface area contributed by atoms with Crippen LogP contribution >= 0.6 is 11.6 Å². The molecule has 16 rings (SSSR count). The number of rotatable bonds is 33. The summed E-state index contributed by atoms with van der Waals surface area (Å²) in [6.07, 6.45) is 4.04. The molecule has 0 saturated carbocycles. The van der Waals surface area contributed by atoms with Gasteiger partial charge in [0, 0.05) is 101 Å². The predicted molar refractivity (Wildman–Crippen MR) is 540 cm³/mol. The number of para-hydroxylation sites is 4. The van der Waals surface area contributed by atoms with Gasteiger partial charge in [0.25, 0.3) is 0 Å². The van der Waals surface area contributed by atoms with Crippen LogP contribution < -0.4 is 69.4 Å². The number of halogens is 1. The molecule has 45 nitrogen and oxygen atoms in total.